The van der Waals surface area contributed by atoms with Gasteiger partial charge in [-0.05, 0) is 33.6 Å². The van der Waals surface area contributed by atoms with Gasteiger partial charge in [-0.1, -0.05) is 0 Å². The van der Waals surface area contributed by atoms with Gasteiger partial charge in [-0.25, -0.2) is 0 Å². The molecule has 3 nitrogen and oxygen atoms in total. The summed E-state index contributed by atoms with van der Waals surface area (Å²) < 4.78 is 5.82. The van der Waals surface area contributed by atoms with Crippen LogP contribution in [-0.4, -0.2) is 33.1 Å². The molecular formula is C10H18O3. The lowest BCUT2D eigenvalue weighted by molar-refractivity contribution is -0.151. The molecule has 2 rings (SSSR count). The van der Waals surface area contributed by atoms with Gasteiger partial charge >= 0.3 is 0 Å². The summed E-state index contributed by atoms with van der Waals surface area (Å²) in [7, 11) is 0. The largest absolute Gasteiger partial charge is 0.390 e. The fourth-order valence-electron chi connectivity index (χ4n) is 2.59. The quantitative estimate of drug-likeness (QED) is 0.637. The fourth-order valence-corrected chi connectivity index (χ4v) is 2.59. The summed E-state index contributed by atoms with van der Waals surface area (Å²) >= 11 is 0. The van der Waals surface area contributed by atoms with Crippen molar-refractivity contribution in [3.05, 3.63) is 0 Å². The summed E-state index contributed by atoms with van der Waals surface area (Å²) in [6, 6.07) is 0. The zero-order valence-electron chi connectivity index (χ0n) is 8.50. The van der Waals surface area contributed by atoms with Gasteiger partial charge in [0.25, 0.3) is 0 Å². The van der Waals surface area contributed by atoms with E-state index in [9.17, 15) is 10.2 Å². The highest BCUT2D eigenvalue weighted by Gasteiger charge is 2.63. The standard InChI is InChI=1S/C10H18O3/c1-8(2,12)10-5-4-9(3,13-10)7(11)6-10/h7,11-12H,4-6H2,1-3H3/t7-,9-,10+/m1/s1. The average Bonchev–Trinajstić information content (AvgIpc) is 2.39. The van der Waals surface area contributed by atoms with Crippen LogP contribution in [0.2, 0.25) is 0 Å². The van der Waals surface area contributed by atoms with Gasteiger partial charge < -0.3 is 14.9 Å². The molecule has 76 valence electrons. The van der Waals surface area contributed by atoms with Crippen molar-refractivity contribution in [1.82, 2.24) is 0 Å². The minimum atomic E-state index is -0.859. The fraction of sp³-hybridized carbons (Fsp3) is 1.00. The third-order valence-electron chi connectivity index (χ3n) is 3.80. The van der Waals surface area contributed by atoms with Crippen molar-refractivity contribution < 1.29 is 14.9 Å². The Hall–Kier alpha value is -0.120. The van der Waals surface area contributed by atoms with Gasteiger partial charge in [-0.3, -0.25) is 0 Å². The molecule has 2 N–H and O–H groups in total. The van der Waals surface area contributed by atoms with Gasteiger partial charge in [0.15, 0.2) is 0 Å². The lowest BCUT2D eigenvalue weighted by atomic mass is 9.73. The molecule has 2 saturated heterocycles. The molecule has 0 saturated carbocycles. The third-order valence-corrected chi connectivity index (χ3v) is 3.80. The van der Waals surface area contributed by atoms with Gasteiger partial charge in [0, 0.05) is 6.42 Å². The van der Waals surface area contributed by atoms with Crippen LogP contribution in [0.3, 0.4) is 0 Å². The van der Waals surface area contributed by atoms with Crippen LogP contribution in [0.4, 0.5) is 0 Å². The molecule has 0 aliphatic carbocycles. The van der Waals surface area contributed by atoms with Crippen LogP contribution >= 0.6 is 0 Å². The lowest BCUT2D eigenvalue weighted by Crippen LogP contribution is -2.48. The van der Waals surface area contributed by atoms with E-state index in [1.54, 1.807) is 13.8 Å². The molecule has 2 aliphatic heterocycles. The molecule has 2 bridgehead atoms. The zero-order chi connectivity index (χ0) is 9.91. The molecule has 0 radical (unpaired) electrons. The van der Waals surface area contributed by atoms with Crippen molar-refractivity contribution in [2.45, 2.75) is 62.9 Å². The number of fused-ring (bicyclic) bond motifs is 2. The zero-order valence-corrected chi connectivity index (χ0v) is 8.50. The topological polar surface area (TPSA) is 49.7 Å². The smallest absolute Gasteiger partial charge is 0.0998 e. The third kappa shape index (κ3) is 1.07. The van der Waals surface area contributed by atoms with Crippen LogP contribution in [-0.2, 0) is 4.74 Å². The SMILES string of the molecule is CC(C)(O)[C@@]12CC[C@@](C)(O1)[C@H](O)C2. The molecular weight excluding hydrogens is 168 g/mol. The van der Waals surface area contributed by atoms with Crippen LogP contribution in [0.1, 0.15) is 40.0 Å². The molecule has 3 atom stereocenters. The Bertz CT molecular complexity index is 233. The highest BCUT2D eigenvalue weighted by Crippen LogP contribution is 2.54. The Morgan fingerprint density at radius 2 is 2.00 bits per heavy atom. The highest BCUT2D eigenvalue weighted by molar-refractivity contribution is 5.13. The van der Waals surface area contributed by atoms with Gasteiger partial charge in [0.05, 0.1) is 22.9 Å². The maximum atomic E-state index is 9.99. The van der Waals surface area contributed by atoms with E-state index in [4.69, 9.17) is 4.74 Å². The molecule has 0 aromatic carbocycles. The summed E-state index contributed by atoms with van der Waals surface area (Å²) in [6.07, 6.45) is 1.84. The number of hydrogen-bond donors (Lipinski definition) is 2. The molecule has 3 heteroatoms. The van der Waals surface area contributed by atoms with E-state index in [-0.39, 0.29) is 0 Å². The molecule has 0 amide bonds. The number of aliphatic hydroxyl groups is 2. The maximum Gasteiger partial charge on any atom is 0.0998 e. The number of rotatable bonds is 1. The monoisotopic (exact) mass is 186 g/mol. The second-order valence-corrected chi connectivity index (χ2v) is 5.19. The summed E-state index contributed by atoms with van der Waals surface area (Å²) in [6.45, 7) is 5.45. The van der Waals surface area contributed by atoms with Crippen LogP contribution in [0, 0.1) is 0 Å². The van der Waals surface area contributed by atoms with Crippen molar-refractivity contribution >= 4 is 0 Å². The van der Waals surface area contributed by atoms with Crippen LogP contribution in [0.5, 0.6) is 0 Å². The van der Waals surface area contributed by atoms with Gasteiger partial charge in [-0.2, -0.15) is 0 Å². The summed E-state index contributed by atoms with van der Waals surface area (Å²) in [5, 5.41) is 19.8. The molecule has 2 fully saturated rings. The van der Waals surface area contributed by atoms with Crippen molar-refractivity contribution in [2.75, 3.05) is 0 Å². The molecule has 0 spiro atoms. The molecule has 2 aliphatic rings. The van der Waals surface area contributed by atoms with Crippen LogP contribution in [0.25, 0.3) is 0 Å². The number of ether oxygens (including phenoxy) is 1. The minimum Gasteiger partial charge on any atom is -0.390 e. The predicted molar refractivity (Wildman–Crippen MR) is 48.4 cm³/mol. The second-order valence-electron chi connectivity index (χ2n) is 5.19. The lowest BCUT2D eigenvalue weighted by Gasteiger charge is -2.37. The number of aliphatic hydroxyl groups excluding tert-OH is 1. The first-order chi connectivity index (χ1) is 5.79. The first-order valence-corrected chi connectivity index (χ1v) is 4.90. The summed E-state index contributed by atoms with van der Waals surface area (Å²) in [4.78, 5) is 0. The maximum absolute atomic E-state index is 9.99. The molecule has 2 heterocycles. The van der Waals surface area contributed by atoms with Gasteiger partial charge in [0.1, 0.15) is 0 Å². The van der Waals surface area contributed by atoms with Crippen molar-refractivity contribution in [3.63, 3.8) is 0 Å². The van der Waals surface area contributed by atoms with Crippen molar-refractivity contribution in [2.24, 2.45) is 0 Å². The van der Waals surface area contributed by atoms with Crippen molar-refractivity contribution in [1.29, 1.82) is 0 Å². The Kier molecular flexibility index (Phi) is 1.65. The van der Waals surface area contributed by atoms with E-state index in [1.807, 2.05) is 6.92 Å². The molecule has 0 aromatic heterocycles. The van der Waals surface area contributed by atoms with Crippen LogP contribution in [0.15, 0.2) is 0 Å². The van der Waals surface area contributed by atoms with E-state index < -0.39 is 22.9 Å². The Balaban J connectivity index is 2.31. The van der Waals surface area contributed by atoms with E-state index in [0.29, 0.717) is 6.42 Å². The first kappa shape index (κ1) is 9.44. The minimum absolute atomic E-state index is 0.417. The Morgan fingerprint density at radius 3 is 2.23 bits per heavy atom. The number of hydrogen-bond acceptors (Lipinski definition) is 3. The van der Waals surface area contributed by atoms with Gasteiger partial charge in [0.2, 0.25) is 0 Å². The molecule has 0 aromatic rings. The summed E-state index contributed by atoms with van der Waals surface area (Å²) in [5.41, 5.74) is -1.79. The average molecular weight is 186 g/mol. The highest BCUT2D eigenvalue weighted by atomic mass is 16.6. The van der Waals surface area contributed by atoms with Gasteiger partial charge in [-0.15, -0.1) is 0 Å². The van der Waals surface area contributed by atoms with E-state index >= 15 is 0 Å². The molecule has 13 heavy (non-hydrogen) atoms. The second kappa shape index (κ2) is 2.27. The summed E-state index contributed by atoms with van der Waals surface area (Å²) in [5.74, 6) is 0. The van der Waals surface area contributed by atoms with E-state index in [1.165, 1.54) is 0 Å². The first-order valence-electron chi connectivity index (χ1n) is 4.90. The normalized spacial score (nSPS) is 50.1. The van der Waals surface area contributed by atoms with E-state index in [2.05, 4.69) is 0 Å². The van der Waals surface area contributed by atoms with Crippen LogP contribution < -0.4 is 0 Å². The molecule has 0 unspecified atom stereocenters. The Morgan fingerprint density at radius 1 is 1.38 bits per heavy atom. The predicted octanol–water partition coefficient (Wildman–Crippen LogP) is 0.830. The Labute approximate surface area is 78.7 Å². The van der Waals surface area contributed by atoms with E-state index in [0.717, 1.165) is 12.8 Å². The van der Waals surface area contributed by atoms with Crippen molar-refractivity contribution in [3.8, 4) is 0 Å².